The fraction of sp³-hybridized carbons (Fsp3) is 0.500. The Morgan fingerprint density at radius 2 is 2.00 bits per heavy atom. The van der Waals surface area contributed by atoms with Gasteiger partial charge in [0.1, 0.15) is 6.29 Å². The van der Waals surface area contributed by atoms with Gasteiger partial charge in [-0.15, -0.1) is 0 Å². The second kappa shape index (κ2) is 6.80. The topological polar surface area (TPSA) is 37.3 Å². The molecule has 0 aromatic rings. The highest BCUT2D eigenvalue weighted by molar-refractivity contribution is 5.71. The predicted molar refractivity (Wildman–Crippen MR) is 49.9 cm³/mol. The highest BCUT2D eigenvalue weighted by Gasteiger charge is 1.88. The standard InChI is InChI=1S/C10H16O2/c1-9(6-7-11)4-3-5-10(2)8-12/h5-6,8,11H,3-4,7H2,1-2H3/b9-6-,10-5+. The molecule has 0 heterocycles. The van der Waals surface area contributed by atoms with Crippen LogP contribution in [0.25, 0.3) is 0 Å². The Hall–Kier alpha value is -0.890. The van der Waals surface area contributed by atoms with Gasteiger partial charge in [-0.05, 0) is 32.3 Å². The van der Waals surface area contributed by atoms with Crippen LogP contribution >= 0.6 is 0 Å². The Morgan fingerprint density at radius 1 is 1.33 bits per heavy atom. The molecule has 0 aliphatic rings. The van der Waals surface area contributed by atoms with Crippen LogP contribution in [0.1, 0.15) is 26.7 Å². The maximum absolute atomic E-state index is 10.2. The van der Waals surface area contributed by atoms with Gasteiger partial charge < -0.3 is 5.11 Å². The Morgan fingerprint density at radius 3 is 2.50 bits per heavy atom. The van der Waals surface area contributed by atoms with E-state index in [4.69, 9.17) is 5.11 Å². The van der Waals surface area contributed by atoms with Crippen LogP contribution in [-0.4, -0.2) is 18.0 Å². The molecule has 0 aromatic carbocycles. The van der Waals surface area contributed by atoms with Crippen LogP contribution in [0.4, 0.5) is 0 Å². The lowest BCUT2D eigenvalue weighted by molar-refractivity contribution is -0.104. The third-order valence-corrected chi connectivity index (χ3v) is 1.63. The van der Waals surface area contributed by atoms with Crippen molar-refractivity contribution in [2.75, 3.05) is 6.61 Å². The van der Waals surface area contributed by atoms with Gasteiger partial charge in [0.05, 0.1) is 6.61 Å². The Bertz CT molecular complexity index is 190. The number of hydrogen-bond acceptors (Lipinski definition) is 2. The molecule has 0 spiro atoms. The van der Waals surface area contributed by atoms with Crippen molar-refractivity contribution in [1.82, 2.24) is 0 Å². The van der Waals surface area contributed by atoms with Crippen molar-refractivity contribution in [3.63, 3.8) is 0 Å². The zero-order valence-corrected chi connectivity index (χ0v) is 7.71. The van der Waals surface area contributed by atoms with Gasteiger partial charge in [0.15, 0.2) is 0 Å². The number of hydrogen-bond donors (Lipinski definition) is 1. The van der Waals surface area contributed by atoms with E-state index in [1.807, 2.05) is 13.0 Å². The predicted octanol–water partition coefficient (Wildman–Crippen LogP) is 1.85. The molecule has 0 saturated carbocycles. The van der Waals surface area contributed by atoms with E-state index < -0.39 is 0 Å². The summed E-state index contributed by atoms with van der Waals surface area (Å²) in [6, 6.07) is 0. The third kappa shape index (κ3) is 5.86. The van der Waals surface area contributed by atoms with Crippen molar-refractivity contribution < 1.29 is 9.90 Å². The summed E-state index contributed by atoms with van der Waals surface area (Å²) >= 11 is 0. The Labute approximate surface area is 73.6 Å². The van der Waals surface area contributed by atoms with Crippen molar-refractivity contribution in [3.8, 4) is 0 Å². The second-order valence-corrected chi connectivity index (χ2v) is 2.84. The van der Waals surface area contributed by atoms with Crippen molar-refractivity contribution in [3.05, 3.63) is 23.3 Å². The van der Waals surface area contributed by atoms with Crippen LogP contribution in [0.15, 0.2) is 23.3 Å². The first-order chi connectivity index (χ1) is 5.70. The minimum absolute atomic E-state index is 0.0994. The lowest BCUT2D eigenvalue weighted by Crippen LogP contribution is -1.82. The lowest BCUT2D eigenvalue weighted by Gasteiger charge is -1.96. The number of aliphatic hydroxyl groups excluding tert-OH is 1. The first kappa shape index (κ1) is 11.1. The van der Waals surface area contributed by atoms with E-state index in [0.717, 1.165) is 30.3 Å². The van der Waals surface area contributed by atoms with E-state index in [-0.39, 0.29) is 6.61 Å². The summed E-state index contributed by atoms with van der Waals surface area (Å²) in [5.41, 5.74) is 1.93. The maximum Gasteiger partial charge on any atom is 0.145 e. The van der Waals surface area contributed by atoms with Crippen LogP contribution < -0.4 is 0 Å². The van der Waals surface area contributed by atoms with Crippen LogP contribution in [0.5, 0.6) is 0 Å². The maximum atomic E-state index is 10.2. The first-order valence-electron chi connectivity index (χ1n) is 4.09. The van der Waals surface area contributed by atoms with Crippen LogP contribution in [0.2, 0.25) is 0 Å². The zero-order chi connectivity index (χ0) is 9.40. The number of aliphatic hydroxyl groups is 1. The van der Waals surface area contributed by atoms with Gasteiger partial charge in [0.25, 0.3) is 0 Å². The average Bonchev–Trinajstić information content (AvgIpc) is 2.04. The molecule has 0 aromatic heterocycles. The van der Waals surface area contributed by atoms with Crippen molar-refractivity contribution >= 4 is 6.29 Å². The molecule has 0 aliphatic carbocycles. The largest absolute Gasteiger partial charge is 0.392 e. The molecule has 0 amide bonds. The molecule has 0 bridgehead atoms. The minimum atomic E-state index is 0.0994. The molecular weight excluding hydrogens is 152 g/mol. The molecule has 0 radical (unpaired) electrons. The minimum Gasteiger partial charge on any atom is -0.392 e. The highest BCUT2D eigenvalue weighted by atomic mass is 16.2. The van der Waals surface area contributed by atoms with E-state index in [0.29, 0.717) is 0 Å². The zero-order valence-electron chi connectivity index (χ0n) is 7.71. The molecule has 0 aliphatic heterocycles. The number of carbonyl (C=O) groups is 1. The molecule has 1 N–H and O–H groups in total. The molecule has 12 heavy (non-hydrogen) atoms. The van der Waals surface area contributed by atoms with E-state index in [1.54, 1.807) is 13.0 Å². The van der Waals surface area contributed by atoms with Crippen LogP contribution in [-0.2, 0) is 4.79 Å². The molecule has 2 nitrogen and oxygen atoms in total. The number of rotatable bonds is 5. The monoisotopic (exact) mass is 168 g/mol. The van der Waals surface area contributed by atoms with E-state index in [9.17, 15) is 4.79 Å². The molecule has 0 fully saturated rings. The second-order valence-electron chi connectivity index (χ2n) is 2.84. The SMILES string of the molecule is C/C(=C/CO)CC/C=C(\C)C=O. The smallest absolute Gasteiger partial charge is 0.145 e. The van der Waals surface area contributed by atoms with E-state index >= 15 is 0 Å². The van der Waals surface area contributed by atoms with Gasteiger partial charge in [-0.2, -0.15) is 0 Å². The third-order valence-electron chi connectivity index (χ3n) is 1.63. The Kier molecular flexibility index (Phi) is 6.29. The number of carbonyl (C=O) groups excluding carboxylic acids is 1. The number of allylic oxidation sites excluding steroid dienone is 3. The fourth-order valence-electron chi connectivity index (χ4n) is 0.834. The summed E-state index contributed by atoms with van der Waals surface area (Å²) in [6.07, 6.45) is 6.32. The van der Waals surface area contributed by atoms with Crippen molar-refractivity contribution in [2.45, 2.75) is 26.7 Å². The first-order valence-corrected chi connectivity index (χ1v) is 4.09. The van der Waals surface area contributed by atoms with Gasteiger partial charge >= 0.3 is 0 Å². The van der Waals surface area contributed by atoms with Crippen LogP contribution in [0, 0.1) is 0 Å². The summed E-state index contributed by atoms with van der Waals surface area (Å²) in [5.74, 6) is 0. The molecular formula is C10H16O2. The highest BCUT2D eigenvalue weighted by Crippen LogP contribution is 2.05. The quantitative estimate of drug-likeness (QED) is 0.386. The average molecular weight is 168 g/mol. The molecule has 68 valence electrons. The van der Waals surface area contributed by atoms with Gasteiger partial charge in [-0.25, -0.2) is 0 Å². The summed E-state index contributed by atoms with van der Waals surface area (Å²) in [5, 5.41) is 8.54. The Balaban J connectivity index is 3.69. The van der Waals surface area contributed by atoms with Gasteiger partial charge in [-0.3, -0.25) is 4.79 Å². The molecule has 0 unspecified atom stereocenters. The van der Waals surface area contributed by atoms with Crippen molar-refractivity contribution in [1.29, 1.82) is 0 Å². The number of aldehydes is 1. The fourth-order valence-corrected chi connectivity index (χ4v) is 0.834. The molecule has 0 saturated heterocycles. The summed E-state index contributed by atoms with van der Waals surface area (Å²) in [7, 11) is 0. The molecule has 0 atom stereocenters. The lowest BCUT2D eigenvalue weighted by atomic mass is 10.1. The van der Waals surface area contributed by atoms with Crippen molar-refractivity contribution in [2.24, 2.45) is 0 Å². The van der Waals surface area contributed by atoms with Crippen LogP contribution in [0.3, 0.4) is 0 Å². The molecule has 2 heteroatoms. The van der Waals surface area contributed by atoms with E-state index in [2.05, 4.69) is 0 Å². The summed E-state index contributed by atoms with van der Waals surface area (Å²) in [6.45, 7) is 3.86. The van der Waals surface area contributed by atoms with Gasteiger partial charge in [0.2, 0.25) is 0 Å². The van der Waals surface area contributed by atoms with Gasteiger partial charge in [0, 0.05) is 0 Å². The summed E-state index contributed by atoms with van der Waals surface area (Å²) < 4.78 is 0. The van der Waals surface area contributed by atoms with E-state index in [1.165, 1.54) is 0 Å². The summed E-state index contributed by atoms with van der Waals surface area (Å²) in [4.78, 5) is 10.2. The normalized spacial score (nSPS) is 13.2. The van der Waals surface area contributed by atoms with Gasteiger partial charge in [-0.1, -0.05) is 17.7 Å². The molecule has 0 rings (SSSR count).